The summed E-state index contributed by atoms with van der Waals surface area (Å²) >= 11 is 0. The van der Waals surface area contributed by atoms with E-state index in [-0.39, 0.29) is 10.6 Å². The van der Waals surface area contributed by atoms with Gasteiger partial charge in [0.2, 0.25) is 0 Å². The third-order valence-corrected chi connectivity index (χ3v) is 3.31. The van der Waals surface area contributed by atoms with Gasteiger partial charge < -0.3 is 4.57 Å². The number of nitrogens with zero attached hydrogens (tertiary/aromatic N) is 2. The maximum atomic E-state index is 10.8. The van der Waals surface area contributed by atoms with Crippen LogP contribution in [0.25, 0.3) is 22.2 Å². The third kappa shape index (κ3) is 1.87. The van der Waals surface area contributed by atoms with E-state index < -0.39 is 0 Å². The number of nitro benzene ring substituents is 1. The molecule has 0 saturated heterocycles. The molecule has 0 atom stereocenters. The molecule has 2 aromatic carbocycles. The van der Waals surface area contributed by atoms with Gasteiger partial charge in [-0.3, -0.25) is 10.1 Å². The lowest BCUT2D eigenvalue weighted by Crippen LogP contribution is -1.91. The first-order chi connectivity index (χ1) is 9.16. The number of hydrogen-bond acceptors (Lipinski definition) is 2. The van der Waals surface area contributed by atoms with E-state index in [9.17, 15) is 10.1 Å². The average molecular weight is 252 g/mol. The van der Waals surface area contributed by atoms with Gasteiger partial charge >= 0.3 is 0 Å². The largest absolute Gasteiger partial charge is 0.344 e. The summed E-state index contributed by atoms with van der Waals surface area (Å²) in [7, 11) is 1.97. The number of non-ortho nitro benzene ring substituents is 1. The highest BCUT2D eigenvalue weighted by Gasteiger charge is 2.11. The first-order valence-electron chi connectivity index (χ1n) is 5.96. The normalized spacial score (nSPS) is 10.8. The summed E-state index contributed by atoms with van der Waals surface area (Å²) in [6.07, 6.45) is 0. The van der Waals surface area contributed by atoms with Gasteiger partial charge in [0.25, 0.3) is 5.69 Å². The lowest BCUT2D eigenvalue weighted by Gasteiger charge is -2.03. The fraction of sp³-hybridized carbons (Fsp3) is 0.0667. The van der Waals surface area contributed by atoms with E-state index in [0.29, 0.717) is 0 Å². The Hall–Kier alpha value is -2.62. The second-order valence-corrected chi connectivity index (χ2v) is 4.45. The summed E-state index contributed by atoms with van der Waals surface area (Å²) in [4.78, 5) is 10.4. The Morgan fingerprint density at radius 3 is 2.47 bits per heavy atom. The van der Waals surface area contributed by atoms with Gasteiger partial charge in [0.1, 0.15) is 0 Å². The van der Waals surface area contributed by atoms with Crippen molar-refractivity contribution in [3.05, 3.63) is 64.7 Å². The molecule has 0 aliphatic rings. The van der Waals surface area contributed by atoms with E-state index >= 15 is 0 Å². The Bertz CT molecular complexity index is 760. The Labute approximate surface area is 110 Å². The third-order valence-electron chi connectivity index (χ3n) is 3.31. The minimum absolute atomic E-state index is 0.123. The number of aromatic nitrogens is 1. The van der Waals surface area contributed by atoms with Gasteiger partial charge in [-0.25, -0.2) is 0 Å². The fourth-order valence-electron chi connectivity index (χ4n) is 2.34. The first kappa shape index (κ1) is 11.5. The second kappa shape index (κ2) is 4.24. The SMILES string of the molecule is Cn1c(-c2ccccc2)cc2cc([N+](=O)[O-])ccc21. The molecule has 4 heteroatoms. The zero-order chi connectivity index (χ0) is 13.4. The van der Waals surface area contributed by atoms with Gasteiger partial charge in [0, 0.05) is 35.8 Å². The van der Waals surface area contributed by atoms with Crippen molar-refractivity contribution >= 4 is 16.6 Å². The summed E-state index contributed by atoms with van der Waals surface area (Å²) < 4.78 is 2.05. The fourth-order valence-corrected chi connectivity index (χ4v) is 2.34. The highest BCUT2D eigenvalue weighted by atomic mass is 16.6. The number of fused-ring (bicyclic) bond motifs is 1. The standard InChI is InChI=1S/C15H12N2O2/c1-16-14-8-7-13(17(18)19)9-12(14)10-15(16)11-5-3-2-4-6-11/h2-10H,1H3. The highest BCUT2D eigenvalue weighted by molar-refractivity contribution is 5.88. The minimum Gasteiger partial charge on any atom is -0.344 e. The highest BCUT2D eigenvalue weighted by Crippen LogP contribution is 2.29. The molecule has 3 aromatic rings. The predicted molar refractivity (Wildman–Crippen MR) is 75.0 cm³/mol. The van der Waals surface area contributed by atoms with Crippen LogP contribution in [-0.4, -0.2) is 9.49 Å². The molecule has 0 N–H and O–H groups in total. The molecule has 4 nitrogen and oxygen atoms in total. The van der Waals surface area contributed by atoms with Gasteiger partial charge in [-0.05, 0) is 17.7 Å². The van der Waals surface area contributed by atoms with E-state index in [2.05, 4.69) is 0 Å². The van der Waals surface area contributed by atoms with E-state index in [1.807, 2.05) is 48.0 Å². The molecule has 0 spiro atoms. The van der Waals surface area contributed by atoms with Gasteiger partial charge in [-0.1, -0.05) is 30.3 Å². The van der Waals surface area contributed by atoms with Crippen LogP contribution in [0.3, 0.4) is 0 Å². The Morgan fingerprint density at radius 1 is 1.05 bits per heavy atom. The number of benzene rings is 2. The van der Waals surface area contributed by atoms with Crippen molar-refractivity contribution in [3.63, 3.8) is 0 Å². The van der Waals surface area contributed by atoms with Crippen molar-refractivity contribution in [2.45, 2.75) is 0 Å². The van der Waals surface area contributed by atoms with Crippen LogP contribution in [-0.2, 0) is 7.05 Å². The molecule has 19 heavy (non-hydrogen) atoms. The molecule has 0 fully saturated rings. The Balaban J connectivity index is 2.23. The number of hydrogen-bond donors (Lipinski definition) is 0. The zero-order valence-electron chi connectivity index (χ0n) is 10.4. The number of aryl methyl sites for hydroxylation is 1. The molecule has 1 heterocycles. The summed E-state index contributed by atoms with van der Waals surface area (Å²) in [5.74, 6) is 0. The van der Waals surface area contributed by atoms with Crippen molar-refractivity contribution in [2.75, 3.05) is 0 Å². The maximum Gasteiger partial charge on any atom is 0.270 e. The van der Waals surface area contributed by atoms with Crippen LogP contribution in [0.2, 0.25) is 0 Å². The molecule has 0 saturated carbocycles. The summed E-state index contributed by atoms with van der Waals surface area (Å²) in [6, 6.07) is 16.9. The van der Waals surface area contributed by atoms with Gasteiger partial charge in [0.15, 0.2) is 0 Å². The molecule has 94 valence electrons. The molecule has 1 aromatic heterocycles. The summed E-state index contributed by atoms with van der Waals surface area (Å²) in [6.45, 7) is 0. The quantitative estimate of drug-likeness (QED) is 0.515. The smallest absolute Gasteiger partial charge is 0.270 e. The molecular weight excluding hydrogens is 240 g/mol. The van der Waals surface area contributed by atoms with Gasteiger partial charge in [-0.2, -0.15) is 0 Å². The minimum atomic E-state index is -0.366. The van der Waals surface area contributed by atoms with Crippen LogP contribution < -0.4 is 0 Å². The van der Waals surface area contributed by atoms with Crippen LogP contribution in [0, 0.1) is 10.1 Å². The summed E-state index contributed by atoms with van der Waals surface area (Å²) in [5.41, 5.74) is 3.27. The van der Waals surface area contributed by atoms with Gasteiger partial charge in [-0.15, -0.1) is 0 Å². The monoisotopic (exact) mass is 252 g/mol. The Morgan fingerprint density at radius 2 is 1.79 bits per heavy atom. The van der Waals surface area contributed by atoms with Crippen LogP contribution in [0.4, 0.5) is 5.69 Å². The van der Waals surface area contributed by atoms with Crippen molar-refractivity contribution < 1.29 is 4.92 Å². The maximum absolute atomic E-state index is 10.8. The topological polar surface area (TPSA) is 48.1 Å². The van der Waals surface area contributed by atoms with E-state index in [0.717, 1.165) is 22.2 Å². The number of nitro groups is 1. The predicted octanol–water partition coefficient (Wildman–Crippen LogP) is 3.75. The first-order valence-corrected chi connectivity index (χ1v) is 5.96. The van der Waals surface area contributed by atoms with E-state index in [4.69, 9.17) is 0 Å². The van der Waals surface area contributed by atoms with E-state index in [1.54, 1.807) is 12.1 Å². The van der Waals surface area contributed by atoms with Crippen molar-refractivity contribution in [1.82, 2.24) is 4.57 Å². The van der Waals surface area contributed by atoms with Crippen LogP contribution in [0.15, 0.2) is 54.6 Å². The van der Waals surface area contributed by atoms with Crippen molar-refractivity contribution in [2.24, 2.45) is 7.05 Å². The molecule has 0 unspecified atom stereocenters. The van der Waals surface area contributed by atoms with Gasteiger partial charge in [0.05, 0.1) is 4.92 Å². The molecule has 0 radical (unpaired) electrons. The second-order valence-electron chi connectivity index (χ2n) is 4.45. The molecule has 0 bridgehead atoms. The Kier molecular flexibility index (Phi) is 2.56. The average Bonchev–Trinajstić information content (AvgIpc) is 2.76. The molecule has 0 aliphatic heterocycles. The molecule has 3 rings (SSSR count). The molecular formula is C15H12N2O2. The molecule has 0 amide bonds. The van der Waals surface area contributed by atoms with Crippen LogP contribution in [0.1, 0.15) is 0 Å². The lowest BCUT2D eigenvalue weighted by atomic mass is 10.1. The zero-order valence-corrected chi connectivity index (χ0v) is 10.4. The van der Waals surface area contributed by atoms with Crippen LogP contribution >= 0.6 is 0 Å². The van der Waals surface area contributed by atoms with Crippen molar-refractivity contribution in [3.8, 4) is 11.3 Å². The molecule has 0 aliphatic carbocycles. The lowest BCUT2D eigenvalue weighted by molar-refractivity contribution is -0.384. The van der Waals surface area contributed by atoms with Crippen molar-refractivity contribution in [1.29, 1.82) is 0 Å². The van der Waals surface area contributed by atoms with E-state index in [1.165, 1.54) is 6.07 Å². The van der Waals surface area contributed by atoms with Crippen LogP contribution in [0.5, 0.6) is 0 Å². The number of rotatable bonds is 2. The summed E-state index contributed by atoms with van der Waals surface area (Å²) in [5, 5.41) is 11.7.